The van der Waals surface area contributed by atoms with E-state index in [4.69, 9.17) is 0 Å². The smallest absolute Gasteiger partial charge is 0.327 e. The van der Waals surface area contributed by atoms with Crippen LogP contribution in [-0.2, 0) is 11.3 Å². The van der Waals surface area contributed by atoms with Crippen molar-refractivity contribution in [2.45, 2.75) is 44.6 Å². The van der Waals surface area contributed by atoms with E-state index in [9.17, 15) is 14.7 Å². The molecule has 1 aliphatic heterocycles. The molecule has 1 aromatic heterocycles. The molecule has 0 aromatic carbocycles. The van der Waals surface area contributed by atoms with E-state index in [1.54, 1.807) is 23.1 Å². The normalized spacial score (nSPS) is 21.5. The predicted molar refractivity (Wildman–Crippen MR) is 85.7 cm³/mol. The highest BCUT2D eigenvalue weighted by molar-refractivity contribution is 8.00. The summed E-state index contributed by atoms with van der Waals surface area (Å²) in [5, 5.41) is 12.1. The molecule has 1 saturated heterocycles. The Kier molecular flexibility index (Phi) is 5.52. The maximum atomic E-state index is 12.4. The third kappa shape index (κ3) is 3.91. The average Bonchev–Trinajstić information content (AvgIpc) is 3.03. The molecule has 1 aromatic rings. The number of urea groups is 1. The quantitative estimate of drug-likeness (QED) is 0.872. The lowest BCUT2D eigenvalue weighted by atomic mass is 10.2. The van der Waals surface area contributed by atoms with Gasteiger partial charge in [-0.3, -0.25) is 4.90 Å². The number of carbonyl (C=O) groups excluding carboxylic acids is 1. The number of nitrogens with zero attached hydrogens (tertiary/aromatic N) is 1. The van der Waals surface area contributed by atoms with E-state index in [0.29, 0.717) is 12.3 Å². The molecular weight excluding hydrogens is 308 g/mol. The monoisotopic (exact) mass is 328 g/mol. The summed E-state index contributed by atoms with van der Waals surface area (Å²) in [7, 11) is 0. The van der Waals surface area contributed by atoms with Gasteiger partial charge in [-0.1, -0.05) is 13.3 Å². The summed E-state index contributed by atoms with van der Waals surface area (Å²) in [6.45, 7) is 4.51. The first-order chi connectivity index (χ1) is 10.0. The Morgan fingerprint density at radius 1 is 1.48 bits per heavy atom. The highest BCUT2D eigenvalue weighted by Gasteiger charge is 2.41. The van der Waals surface area contributed by atoms with Crippen LogP contribution in [0.1, 0.15) is 29.5 Å². The number of aliphatic carboxylic acids is 1. The molecule has 2 amide bonds. The molecule has 0 saturated carbocycles. The van der Waals surface area contributed by atoms with E-state index in [1.807, 2.05) is 26.0 Å². The molecule has 2 unspecified atom stereocenters. The van der Waals surface area contributed by atoms with Gasteiger partial charge >= 0.3 is 12.0 Å². The van der Waals surface area contributed by atoms with E-state index >= 15 is 0 Å². The molecule has 0 spiro atoms. The highest BCUT2D eigenvalue weighted by atomic mass is 32.2. The number of aryl methyl sites for hydroxylation is 1. The van der Waals surface area contributed by atoms with Crippen LogP contribution < -0.4 is 5.32 Å². The van der Waals surface area contributed by atoms with Crippen molar-refractivity contribution in [3.8, 4) is 0 Å². The molecule has 0 aliphatic carbocycles. The maximum absolute atomic E-state index is 12.4. The zero-order chi connectivity index (χ0) is 15.4. The van der Waals surface area contributed by atoms with Gasteiger partial charge in [0.15, 0.2) is 0 Å². The standard InChI is InChI=1S/C14H20N2O3S2/c1-3-4-12-16(11(8-20-12)13(17)18)14(19)15-7-10-6-5-9(2)21-10/h5-6,11-12H,3-4,7-8H2,1-2H3,(H,15,19)(H,17,18). The van der Waals surface area contributed by atoms with Crippen molar-refractivity contribution in [2.24, 2.45) is 0 Å². The summed E-state index contributed by atoms with van der Waals surface area (Å²) < 4.78 is 0. The lowest BCUT2D eigenvalue weighted by Crippen LogP contribution is -2.49. The average molecular weight is 328 g/mol. The highest BCUT2D eigenvalue weighted by Crippen LogP contribution is 2.32. The Bertz CT molecular complexity index is 518. The van der Waals surface area contributed by atoms with Gasteiger partial charge in [-0.25, -0.2) is 9.59 Å². The molecule has 1 fully saturated rings. The third-order valence-corrected chi connectivity index (χ3v) is 5.71. The largest absolute Gasteiger partial charge is 0.480 e. The molecule has 0 bridgehead atoms. The number of rotatable bonds is 5. The van der Waals surface area contributed by atoms with Crippen molar-refractivity contribution in [1.29, 1.82) is 0 Å². The van der Waals surface area contributed by atoms with Crippen molar-refractivity contribution in [2.75, 3.05) is 5.75 Å². The second-order valence-corrected chi connectivity index (χ2v) is 7.59. The molecule has 116 valence electrons. The molecule has 0 radical (unpaired) electrons. The molecule has 2 heterocycles. The lowest BCUT2D eigenvalue weighted by molar-refractivity contribution is -0.141. The number of thioether (sulfide) groups is 1. The van der Waals surface area contributed by atoms with Gasteiger partial charge in [0, 0.05) is 15.5 Å². The van der Waals surface area contributed by atoms with Gasteiger partial charge in [-0.05, 0) is 25.5 Å². The van der Waals surface area contributed by atoms with Crippen LogP contribution in [0.3, 0.4) is 0 Å². The minimum absolute atomic E-state index is 0.0406. The van der Waals surface area contributed by atoms with Crippen LogP contribution in [0.4, 0.5) is 4.79 Å². The molecule has 7 heteroatoms. The van der Waals surface area contributed by atoms with Crippen LogP contribution in [0.2, 0.25) is 0 Å². The van der Waals surface area contributed by atoms with Crippen LogP contribution in [0, 0.1) is 6.92 Å². The van der Waals surface area contributed by atoms with Crippen LogP contribution in [0.15, 0.2) is 12.1 Å². The first-order valence-electron chi connectivity index (χ1n) is 6.98. The number of carboxylic acids is 1. The molecule has 21 heavy (non-hydrogen) atoms. The van der Waals surface area contributed by atoms with Crippen LogP contribution >= 0.6 is 23.1 Å². The summed E-state index contributed by atoms with van der Waals surface area (Å²) in [6.07, 6.45) is 1.75. The molecular formula is C14H20N2O3S2. The van der Waals surface area contributed by atoms with Gasteiger partial charge in [-0.15, -0.1) is 23.1 Å². The number of hydrogen-bond donors (Lipinski definition) is 2. The Balaban J connectivity index is 2.00. The van der Waals surface area contributed by atoms with Crippen molar-refractivity contribution in [3.05, 3.63) is 21.9 Å². The van der Waals surface area contributed by atoms with Crippen molar-refractivity contribution < 1.29 is 14.7 Å². The Hall–Kier alpha value is -1.21. The van der Waals surface area contributed by atoms with Gasteiger partial charge in [0.1, 0.15) is 6.04 Å². The van der Waals surface area contributed by atoms with Crippen molar-refractivity contribution in [1.82, 2.24) is 10.2 Å². The maximum Gasteiger partial charge on any atom is 0.327 e. The Morgan fingerprint density at radius 2 is 2.24 bits per heavy atom. The van der Waals surface area contributed by atoms with E-state index in [2.05, 4.69) is 5.32 Å². The zero-order valence-corrected chi connectivity index (χ0v) is 13.8. The Morgan fingerprint density at radius 3 is 2.81 bits per heavy atom. The minimum Gasteiger partial charge on any atom is -0.480 e. The number of amides is 2. The summed E-state index contributed by atoms with van der Waals surface area (Å²) >= 11 is 3.19. The fraction of sp³-hybridized carbons (Fsp3) is 0.571. The number of carbonyl (C=O) groups is 2. The number of hydrogen-bond acceptors (Lipinski definition) is 4. The zero-order valence-electron chi connectivity index (χ0n) is 12.2. The topological polar surface area (TPSA) is 69.6 Å². The fourth-order valence-electron chi connectivity index (χ4n) is 2.33. The Labute approximate surface area is 132 Å². The van der Waals surface area contributed by atoms with E-state index < -0.39 is 12.0 Å². The third-order valence-electron chi connectivity index (χ3n) is 3.36. The van der Waals surface area contributed by atoms with Gasteiger partial charge in [0.25, 0.3) is 0 Å². The summed E-state index contributed by atoms with van der Waals surface area (Å²) in [6, 6.07) is 2.99. The first kappa shape index (κ1) is 16.2. The molecule has 5 nitrogen and oxygen atoms in total. The molecule has 2 N–H and O–H groups in total. The number of nitrogens with one attached hydrogen (secondary N) is 1. The SMILES string of the molecule is CCCC1SCC(C(=O)O)N1C(=O)NCc1ccc(C)s1. The van der Waals surface area contributed by atoms with Crippen molar-refractivity contribution >= 4 is 35.1 Å². The number of carboxylic acid groups (broad SMARTS) is 1. The second kappa shape index (κ2) is 7.17. The van der Waals surface area contributed by atoms with Gasteiger partial charge in [0.2, 0.25) is 0 Å². The minimum atomic E-state index is -0.928. The molecule has 2 atom stereocenters. The number of thiophene rings is 1. The van der Waals surface area contributed by atoms with Gasteiger partial charge in [-0.2, -0.15) is 0 Å². The molecule has 2 rings (SSSR count). The van der Waals surface area contributed by atoms with Crippen LogP contribution in [0.5, 0.6) is 0 Å². The van der Waals surface area contributed by atoms with Crippen LogP contribution in [-0.4, -0.2) is 39.2 Å². The predicted octanol–water partition coefficient (Wildman–Crippen LogP) is 2.89. The fourth-order valence-corrected chi connectivity index (χ4v) is 4.67. The van der Waals surface area contributed by atoms with E-state index in [-0.39, 0.29) is 11.4 Å². The van der Waals surface area contributed by atoms with E-state index in [0.717, 1.165) is 17.7 Å². The van der Waals surface area contributed by atoms with Crippen LogP contribution in [0.25, 0.3) is 0 Å². The summed E-state index contributed by atoms with van der Waals surface area (Å²) in [5.41, 5.74) is 0. The second-order valence-electron chi connectivity index (χ2n) is 5.01. The van der Waals surface area contributed by atoms with E-state index in [1.165, 1.54) is 9.78 Å². The first-order valence-corrected chi connectivity index (χ1v) is 8.85. The van der Waals surface area contributed by atoms with Gasteiger partial charge in [0.05, 0.1) is 11.9 Å². The molecule has 1 aliphatic rings. The summed E-state index contributed by atoms with van der Waals surface area (Å²) in [4.78, 5) is 27.4. The summed E-state index contributed by atoms with van der Waals surface area (Å²) in [5.74, 6) is -0.464. The van der Waals surface area contributed by atoms with Crippen molar-refractivity contribution in [3.63, 3.8) is 0 Å². The van der Waals surface area contributed by atoms with Gasteiger partial charge < -0.3 is 10.4 Å². The lowest BCUT2D eigenvalue weighted by Gasteiger charge is -2.27.